The van der Waals surface area contributed by atoms with Gasteiger partial charge in [-0.05, 0) is 30.2 Å². The SMILES string of the molecule is COC(=O)[C@H](Cc1ccccc1)Nc1nc2ccc(NC(=O)CCC(=O)O)c(C)c2c(=O)o1. The molecular formula is C23H23N3O7. The zero-order valence-electron chi connectivity index (χ0n) is 18.1. The van der Waals surface area contributed by atoms with Crippen molar-refractivity contribution in [1.29, 1.82) is 0 Å². The molecule has 10 heteroatoms. The van der Waals surface area contributed by atoms with Crippen molar-refractivity contribution in [3.8, 4) is 0 Å². The second kappa shape index (κ2) is 10.4. The number of hydrogen-bond donors (Lipinski definition) is 3. The van der Waals surface area contributed by atoms with Crippen LogP contribution in [0.4, 0.5) is 11.7 Å². The van der Waals surface area contributed by atoms with E-state index in [0.717, 1.165) is 5.56 Å². The number of carboxylic acid groups (broad SMARTS) is 1. The van der Waals surface area contributed by atoms with Crippen molar-refractivity contribution < 1.29 is 28.6 Å². The fourth-order valence-corrected chi connectivity index (χ4v) is 3.28. The molecule has 172 valence electrons. The van der Waals surface area contributed by atoms with Gasteiger partial charge in [-0.25, -0.2) is 9.59 Å². The minimum absolute atomic E-state index is 0.142. The number of amides is 1. The average Bonchev–Trinajstić information content (AvgIpc) is 2.79. The summed E-state index contributed by atoms with van der Waals surface area (Å²) < 4.78 is 10.2. The number of aliphatic carboxylic acids is 1. The summed E-state index contributed by atoms with van der Waals surface area (Å²) in [5.74, 6) is -2.11. The summed E-state index contributed by atoms with van der Waals surface area (Å²) in [6.07, 6.45) is -0.211. The minimum Gasteiger partial charge on any atom is -0.481 e. The second-order valence-electron chi connectivity index (χ2n) is 7.29. The molecule has 1 heterocycles. The fraction of sp³-hybridized carbons (Fsp3) is 0.261. The lowest BCUT2D eigenvalue weighted by molar-refractivity contribution is -0.141. The number of carbonyl (C=O) groups is 3. The Balaban J connectivity index is 1.86. The van der Waals surface area contributed by atoms with Crippen molar-refractivity contribution in [1.82, 2.24) is 4.98 Å². The van der Waals surface area contributed by atoms with E-state index < -0.39 is 29.5 Å². The predicted molar refractivity (Wildman–Crippen MR) is 120 cm³/mol. The summed E-state index contributed by atoms with van der Waals surface area (Å²) >= 11 is 0. The molecule has 2 aromatic carbocycles. The third kappa shape index (κ3) is 5.94. The number of nitrogens with one attached hydrogen (secondary N) is 2. The monoisotopic (exact) mass is 453 g/mol. The first-order valence-electron chi connectivity index (χ1n) is 10.1. The van der Waals surface area contributed by atoms with Crippen molar-refractivity contribution in [2.75, 3.05) is 17.7 Å². The van der Waals surface area contributed by atoms with Gasteiger partial charge in [-0.2, -0.15) is 4.98 Å². The maximum absolute atomic E-state index is 12.7. The van der Waals surface area contributed by atoms with Crippen LogP contribution in [-0.4, -0.2) is 41.1 Å². The Bertz CT molecular complexity index is 1240. The van der Waals surface area contributed by atoms with Crippen molar-refractivity contribution in [3.63, 3.8) is 0 Å². The second-order valence-corrected chi connectivity index (χ2v) is 7.29. The summed E-state index contributed by atoms with van der Waals surface area (Å²) in [5, 5.41) is 14.3. The smallest absolute Gasteiger partial charge is 0.348 e. The molecule has 3 N–H and O–H groups in total. The van der Waals surface area contributed by atoms with Gasteiger partial charge in [0.05, 0.1) is 24.4 Å². The molecule has 0 unspecified atom stereocenters. The Morgan fingerprint density at radius 3 is 2.52 bits per heavy atom. The standard InChI is InChI=1S/C23H23N3O7/c1-13-15(24-18(27)10-11-19(28)29)8-9-16-20(13)22(31)33-23(25-16)26-17(21(30)32-2)12-14-6-4-3-5-7-14/h3-9,17H,10-12H2,1-2H3,(H,24,27)(H,25,26)(H,28,29)/t17-/m0/s1. The molecule has 3 aromatic rings. The molecule has 33 heavy (non-hydrogen) atoms. The van der Waals surface area contributed by atoms with Crippen LogP contribution in [0.2, 0.25) is 0 Å². The van der Waals surface area contributed by atoms with Crippen molar-refractivity contribution >= 4 is 40.5 Å². The Labute approximate surface area is 188 Å². The molecule has 10 nitrogen and oxygen atoms in total. The number of aryl methyl sites for hydroxylation is 1. The summed E-state index contributed by atoms with van der Waals surface area (Å²) in [6, 6.07) is 11.4. The number of ether oxygens (including phenoxy) is 1. The number of carboxylic acids is 1. The highest BCUT2D eigenvalue weighted by Gasteiger charge is 2.22. The quantitative estimate of drug-likeness (QED) is 0.416. The number of nitrogens with zero attached hydrogens (tertiary/aromatic N) is 1. The first kappa shape index (κ1) is 23.5. The normalized spacial score (nSPS) is 11.6. The summed E-state index contributed by atoms with van der Waals surface area (Å²) in [6.45, 7) is 1.62. The lowest BCUT2D eigenvalue weighted by Crippen LogP contribution is -2.33. The van der Waals surface area contributed by atoms with Crippen LogP contribution in [0.5, 0.6) is 0 Å². The van der Waals surface area contributed by atoms with E-state index in [-0.39, 0.29) is 30.7 Å². The maximum Gasteiger partial charge on any atom is 0.348 e. The molecule has 0 radical (unpaired) electrons. The van der Waals surface area contributed by atoms with Gasteiger partial charge in [0.25, 0.3) is 6.01 Å². The number of methoxy groups -OCH3 is 1. The number of esters is 1. The van der Waals surface area contributed by atoms with Crippen LogP contribution in [-0.2, 0) is 25.5 Å². The van der Waals surface area contributed by atoms with Gasteiger partial charge in [-0.15, -0.1) is 0 Å². The Kier molecular flexibility index (Phi) is 7.39. The number of benzene rings is 2. The molecule has 1 aromatic heterocycles. The van der Waals surface area contributed by atoms with Gasteiger partial charge in [-0.1, -0.05) is 30.3 Å². The molecule has 0 aliphatic heterocycles. The first-order chi connectivity index (χ1) is 15.8. The summed E-state index contributed by atoms with van der Waals surface area (Å²) in [7, 11) is 1.27. The Morgan fingerprint density at radius 2 is 1.85 bits per heavy atom. The fourth-order valence-electron chi connectivity index (χ4n) is 3.28. The Hall–Kier alpha value is -4.21. The lowest BCUT2D eigenvalue weighted by Gasteiger charge is -2.16. The van der Waals surface area contributed by atoms with Crippen LogP contribution >= 0.6 is 0 Å². The highest BCUT2D eigenvalue weighted by atomic mass is 16.5. The van der Waals surface area contributed by atoms with Crippen LogP contribution < -0.4 is 16.3 Å². The number of hydrogen-bond acceptors (Lipinski definition) is 8. The van der Waals surface area contributed by atoms with Crippen molar-refractivity contribution in [3.05, 3.63) is 64.0 Å². The van der Waals surface area contributed by atoms with Gasteiger partial charge in [0.1, 0.15) is 6.04 Å². The van der Waals surface area contributed by atoms with Crippen LogP contribution in [0.3, 0.4) is 0 Å². The molecule has 0 fully saturated rings. The molecule has 0 saturated heterocycles. The van der Waals surface area contributed by atoms with E-state index in [9.17, 15) is 19.2 Å². The number of rotatable bonds is 9. The maximum atomic E-state index is 12.7. The molecule has 0 bridgehead atoms. The predicted octanol–water partition coefficient (Wildman–Crippen LogP) is 2.50. The van der Waals surface area contributed by atoms with Gasteiger partial charge in [0, 0.05) is 18.5 Å². The highest BCUT2D eigenvalue weighted by molar-refractivity contribution is 5.96. The molecule has 1 atom stereocenters. The van der Waals surface area contributed by atoms with Gasteiger partial charge in [-0.3, -0.25) is 9.59 Å². The van der Waals surface area contributed by atoms with E-state index in [1.165, 1.54) is 13.2 Å². The minimum atomic E-state index is -1.08. The topological polar surface area (TPSA) is 148 Å². The zero-order valence-corrected chi connectivity index (χ0v) is 18.1. The number of carbonyl (C=O) groups excluding carboxylic acids is 2. The number of fused-ring (bicyclic) bond motifs is 1. The molecule has 0 saturated carbocycles. The largest absolute Gasteiger partial charge is 0.481 e. The lowest BCUT2D eigenvalue weighted by atomic mass is 10.1. The van der Waals surface area contributed by atoms with Crippen molar-refractivity contribution in [2.45, 2.75) is 32.2 Å². The van der Waals surface area contributed by atoms with Gasteiger partial charge in [0.2, 0.25) is 5.91 Å². The van der Waals surface area contributed by atoms with E-state index in [1.807, 2.05) is 30.3 Å². The molecule has 0 aliphatic carbocycles. The van der Waals surface area contributed by atoms with Gasteiger partial charge >= 0.3 is 17.6 Å². The van der Waals surface area contributed by atoms with E-state index >= 15 is 0 Å². The average molecular weight is 453 g/mol. The van der Waals surface area contributed by atoms with E-state index in [2.05, 4.69) is 15.6 Å². The zero-order chi connectivity index (χ0) is 24.0. The van der Waals surface area contributed by atoms with Gasteiger partial charge in [0.15, 0.2) is 0 Å². The van der Waals surface area contributed by atoms with E-state index in [0.29, 0.717) is 16.8 Å². The third-order valence-corrected chi connectivity index (χ3v) is 4.96. The van der Waals surface area contributed by atoms with Crippen molar-refractivity contribution in [2.24, 2.45) is 0 Å². The van der Waals surface area contributed by atoms with Gasteiger partial charge < -0.3 is 24.9 Å². The van der Waals surface area contributed by atoms with Crippen LogP contribution in [0.25, 0.3) is 10.9 Å². The molecule has 0 aliphatic rings. The summed E-state index contributed by atoms with van der Waals surface area (Å²) in [4.78, 5) is 51.9. The number of aromatic nitrogens is 1. The highest BCUT2D eigenvalue weighted by Crippen LogP contribution is 2.24. The van der Waals surface area contributed by atoms with Crippen LogP contribution in [0.15, 0.2) is 51.7 Å². The first-order valence-corrected chi connectivity index (χ1v) is 10.1. The third-order valence-electron chi connectivity index (χ3n) is 4.96. The van der Waals surface area contributed by atoms with Crippen LogP contribution in [0, 0.1) is 6.92 Å². The Morgan fingerprint density at radius 1 is 1.12 bits per heavy atom. The van der Waals surface area contributed by atoms with E-state index in [1.54, 1.807) is 13.0 Å². The summed E-state index contributed by atoms with van der Waals surface area (Å²) in [5.41, 5.74) is 1.26. The van der Waals surface area contributed by atoms with E-state index in [4.69, 9.17) is 14.3 Å². The number of anilines is 2. The molecule has 0 spiro atoms. The van der Waals surface area contributed by atoms with Crippen LogP contribution in [0.1, 0.15) is 24.0 Å². The molecular weight excluding hydrogens is 430 g/mol. The molecule has 1 amide bonds. The molecule has 3 rings (SSSR count).